The maximum atomic E-state index is 12.9. The van der Waals surface area contributed by atoms with E-state index >= 15 is 0 Å². The molecule has 1 amide bonds. The van der Waals surface area contributed by atoms with Gasteiger partial charge in [0.1, 0.15) is 33.7 Å². The fraction of sp³-hybridized carbons (Fsp3) is 0.367. The summed E-state index contributed by atoms with van der Waals surface area (Å²) >= 11 is 0. The molecule has 0 saturated heterocycles. The standard InChI is InChI=1S/C30H34N7O8P/c1-19-24-12-13-27(38)35(29(24)32-20(2)31-19)18-22-8-10-23(11-9-22)25-6-4-5-7-26(25)28-33-36(46-34-28)21(3)45-30(39)43-16-14-42-15-17-44-37(40)41/h4-11,21,46H,12-18H2,1-3H3,(H,33,34). The molecule has 0 saturated carbocycles. The van der Waals surface area contributed by atoms with Crippen molar-refractivity contribution in [2.75, 3.05) is 31.3 Å². The number of rotatable bonds is 13. The lowest BCUT2D eigenvalue weighted by molar-refractivity contribution is -0.758. The molecule has 5 rings (SSSR count). The summed E-state index contributed by atoms with van der Waals surface area (Å²) in [6.45, 7) is 5.63. The second-order valence-electron chi connectivity index (χ2n) is 10.4. The van der Waals surface area contributed by atoms with E-state index in [4.69, 9.17) is 14.2 Å². The van der Waals surface area contributed by atoms with Crippen LogP contribution in [0.1, 0.15) is 41.6 Å². The first-order valence-electron chi connectivity index (χ1n) is 14.6. The van der Waals surface area contributed by atoms with Crippen LogP contribution in [0.2, 0.25) is 0 Å². The highest BCUT2D eigenvalue weighted by Crippen LogP contribution is 2.32. The first-order chi connectivity index (χ1) is 22.2. The Hall–Kier alpha value is -4.88. The van der Waals surface area contributed by atoms with Crippen LogP contribution in [0.4, 0.5) is 10.6 Å². The number of aromatic nitrogens is 2. The number of nitrogens with one attached hydrogen (secondary N) is 1. The van der Waals surface area contributed by atoms with Gasteiger partial charge in [0.2, 0.25) is 5.91 Å². The molecule has 2 atom stereocenters. The predicted molar refractivity (Wildman–Crippen MR) is 168 cm³/mol. The fourth-order valence-electron chi connectivity index (χ4n) is 5.04. The molecule has 0 aliphatic carbocycles. The normalized spacial score (nSPS) is 15.2. The van der Waals surface area contributed by atoms with Gasteiger partial charge in [0.05, 0.1) is 19.8 Å². The monoisotopic (exact) mass is 651 g/mol. The Kier molecular flexibility index (Phi) is 10.6. The van der Waals surface area contributed by atoms with Gasteiger partial charge in [-0.25, -0.2) is 19.5 Å². The van der Waals surface area contributed by atoms with Crippen LogP contribution in [-0.4, -0.2) is 70.4 Å². The minimum atomic E-state index is -0.907. The maximum absolute atomic E-state index is 12.9. The summed E-state index contributed by atoms with van der Waals surface area (Å²) in [6, 6.07) is 15.9. The molecule has 3 aromatic rings. The van der Waals surface area contributed by atoms with Crippen LogP contribution < -0.4 is 9.99 Å². The van der Waals surface area contributed by atoms with Crippen LogP contribution in [-0.2, 0) is 36.8 Å². The van der Waals surface area contributed by atoms with Crippen LogP contribution in [0.3, 0.4) is 0 Å². The molecule has 2 aliphatic rings. The van der Waals surface area contributed by atoms with Gasteiger partial charge in [-0.1, -0.05) is 48.5 Å². The molecule has 1 N–H and O–H groups in total. The predicted octanol–water partition coefficient (Wildman–Crippen LogP) is 4.04. The van der Waals surface area contributed by atoms with E-state index in [1.165, 1.54) is 0 Å². The van der Waals surface area contributed by atoms with E-state index in [1.54, 1.807) is 16.6 Å². The number of hydrogen-bond donors (Lipinski definition) is 1. The number of carbonyl (C=O) groups excluding carboxylic acids is 2. The van der Waals surface area contributed by atoms with E-state index in [1.807, 2.05) is 62.4 Å². The molecule has 0 spiro atoms. The lowest BCUT2D eigenvalue weighted by Gasteiger charge is -2.29. The van der Waals surface area contributed by atoms with Crippen LogP contribution in [0, 0.1) is 24.0 Å². The Labute approximate surface area is 266 Å². The van der Waals surface area contributed by atoms with Gasteiger partial charge in [0.25, 0.3) is 5.09 Å². The minimum absolute atomic E-state index is 0.0105. The molecular formula is C30H34N7O8P. The summed E-state index contributed by atoms with van der Waals surface area (Å²) in [5, 5.41) is 17.1. The SMILES string of the molecule is Cc1nc(C)c2c(n1)N(Cc1ccc(-c3ccccc3C3=NN(C(C)OC(=O)OCCOCCO[N+](=O)[O-])PN3)cc1)C(=O)CC2. The highest BCUT2D eigenvalue weighted by molar-refractivity contribution is 7.34. The second kappa shape index (κ2) is 14.9. The number of amidine groups is 1. The number of carbonyl (C=O) groups is 2. The largest absolute Gasteiger partial charge is 0.510 e. The summed E-state index contributed by atoms with van der Waals surface area (Å²) in [5.74, 6) is 2.03. The average Bonchev–Trinajstić information content (AvgIpc) is 3.53. The molecule has 0 fully saturated rings. The molecule has 3 heterocycles. The Bertz CT molecular complexity index is 1620. The number of amides is 1. The molecule has 46 heavy (non-hydrogen) atoms. The third-order valence-corrected chi connectivity index (χ3v) is 8.26. The van der Waals surface area contributed by atoms with Crippen LogP contribution in [0.15, 0.2) is 53.6 Å². The smallest absolute Gasteiger partial charge is 0.432 e. The Morgan fingerprint density at radius 2 is 1.78 bits per heavy atom. The quantitative estimate of drug-likeness (QED) is 0.0926. The van der Waals surface area contributed by atoms with Crippen molar-refractivity contribution >= 4 is 32.6 Å². The Morgan fingerprint density at radius 1 is 1.04 bits per heavy atom. The first-order valence-corrected chi connectivity index (χ1v) is 15.6. The molecule has 242 valence electrons. The Balaban J connectivity index is 1.19. The number of hydrogen-bond acceptors (Lipinski definition) is 13. The molecule has 2 aliphatic heterocycles. The van der Waals surface area contributed by atoms with Gasteiger partial charge in [0.15, 0.2) is 12.1 Å². The van der Waals surface area contributed by atoms with Crippen molar-refractivity contribution in [3.05, 3.63) is 86.9 Å². The van der Waals surface area contributed by atoms with Crippen molar-refractivity contribution < 1.29 is 33.7 Å². The van der Waals surface area contributed by atoms with E-state index in [-0.39, 0.29) is 41.2 Å². The highest BCUT2D eigenvalue weighted by Gasteiger charge is 2.28. The molecule has 2 aromatic carbocycles. The zero-order valence-corrected chi connectivity index (χ0v) is 26.6. The van der Waals surface area contributed by atoms with E-state index in [2.05, 4.69) is 25.0 Å². The van der Waals surface area contributed by atoms with E-state index in [0.29, 0.717) is 36.9 Å². The van der Waals surface area contributed by atoms with Gasteiger partial charge < -0.3 is 24.1 Å². The van der Waals surface area contributed by atoms with Gasteiger partial charge in [-0.2, -0.15) is 5.10 Å². The maximum Gasteiger partial charge on any atom is 0.510 e. The van der Waals surface area contributed by atoms with Gasteiger partial charge >= 0.3 is 6.16 Å². The van der Waals surface area contributed by atoms with Gasteiger partial charge in [0, 0.05) is 23.2 Å². The topological polar surface area (TPSA) is 171 Å². The van der Waals surface area contributed by atoms with E-state index < -0.39 is 17.5 Å². The van der Waals surface area contributed by atoms with Crippen LogP contribution in [0.5, 0.6) is 0 Å². The number of fused-ring (bicyclic) bond motifs is 1. The van der Waals surface area contributed by atoms with Gasteiger partial charge in [-0.05, 0) is 43.9 Å². The molecule has 0 radical (unpaired) electrons. The molecule has 0 bridgehead atoms. The van der Waals surface area contributed by atoms with Crippen molar-refractivity contribution in [3.63, 3.8) is 0 Å². The number of nitrogens with zero attached hydrogens (tertiary/aromatic N) is 6. The van der Waals surface area contributed by atoms with Gasteiger partial charge in [-0.15, -0.1) is 10.1 Å². The van der Waals surface area contributed by atoms with Crippen molar-refractivity contribution in [3.8, 4) is 11.1 Å². The van der Waals surface area contributed by atoms with E-state index in [9.17, 15) is 19.7 Å². The number of hydrazone groups is 1. The lowest BCUT2D eigenvalue weighted by Crippen LogP contribution is -2.36. The van der Waals surface area contributed by atoms with Crippen molar-refractivity contribution in [2.24, 2.45) is 5.10 Å². The zero-order valence-electron chi connectivity index (χ0n) is 25.6. The zero-order chi connectivity index (χ0) is 32.6. The number of aryl methyl sites for hydroxylation is 2. The highest BCUT2D eigenvalue weighted by atomic mass is 31.1. The third kappa shape index (κ3) is 8.03. The fourth-order valence-corrected chi connectivity index (χ4v) is 5.83. The summed E-state index contributed by atoms with van der Waals surface area (Å²) in [7, 11) is 0.0257. The molecule has 2 unspecified atom stereocenters. The Morgan fingerprint density at radius 3 is 2.54 bits per heavy atom. The first kappa shape index (κ1) is 32.5. The van der Waals surface area contributed by atoms with Crippen LogP contribution >= 0.6 is 8.88 Å². The number of anilines is 1. The van der Waals surface area contributed by atoms with Crippen molar-refractivity contribution in [1.82, 2.24) is 19.8 Å². The average molecular weight is 652 g/mol. The van der Waals surface area contributed by atoms with Crippen molar-refractivity contribution in [2.45, 2.75) is 46.4 Å². The minimum Gasteiger partial charge on any atom is -0.432 e. The summed E-state index contributed by atoms with van der Waals surface area (Å²) in [5.41, 5.74) is 5.73. The summed E-state index contributed by atoms with van der Waals surface area (Å²) < 4.78 is 17.0. The lowest BCUT2D eigenvalue weighted by atomic mass is 9.97. The molecular weight excluding hydrogens is 617 g/mol. The third-order valence-electron chi connectivity index (χ3n) is 7.22. The second-order valence-corrected chi connectivity index (χ2v) is 11.3. The van der Waals surface area contributed by atoms with Gasteiger partial charge in [-0.3, -0.25) is 9.69 Å². The number of ether oxygens (including phenoxy) is 3. The number of benzene rings is 2. The molecule has 1 aromatic heterocycles. The van der Waals surface area contributed by atoms with E-state index in [0.717, 1.165) is 33.5 Å². The van der Waals surface area contributed by atoms with Crippen molar-refractivity contribution in [1.29, 1.82) is 0 Å². The van der Waals surface area contributed by atoms with Crippen LogP contribution in [0.25, 0.3) is 11.1 Å². The summed E-state index contributed by atoms with van der Waals surface area (Å²) in [6.07, 6.45) is -0.513. The summed E-state index contributed by atoms with van der Waals surface area (Å²) in [4.78, 5) is 50.0. The molecule has 15 nitrogen and oxygen atoms in total. The molecule has 16 heteroatoms.